The molecule has 0 spiro atoms. The van der Waals surface area contributed by atoms with E-state index >= 15 is 0 Å². The number of aromatic nitrogens is 4. The van der Waals surface area contributed by atoms with Gasteiger partial charge in [-0.05, 0) is 26.5 Å². The van der Waals surface area contributed by atoms with Crippen molar-refractivity contribution in [1.82, 2.24) is 24.5 Å². The van der Waals surface area contributed by atoms with Gasteiger partial charge in [0.1, 0.15) is 11.4 Å². The van der Waals surface area contributed by atoms with Gasteiger partial charge in [0.2, 0.25) is 0 Å². The third kappa shape index (κ3) is 3.71. The monoisotopic (exact) mass is 327 g/mol. The molecule has 23 heavy (non-hydrogen) atoms. The van der Waals surface area contributed by atoms with E-state index in [1.165, 1.54) is 11.1 Å². The zero-order valence-corrected chi connectivity index (χ0v) is 14.5. The summed E-state index contributed by atoms with van der Waals surface area (Å²) in [4.78, 5) is 11.0. The first-order valence-electron chi connectivity index (χ1n) is 7.67. The minimum absolute atomic E-state index is 0.674. The number of fused-ring (bicyclic) bond motifs is 1. The molecule has 0 saturated heterocycles. The fourth-order valence-electron chi connectivity index (χ4n) is 2.44. The van der Waals surface area contributed by atoms with Gasteiger partial charge in [-0.2, -0.15) is 14.6 Å². The molecule has 0 aliphatic heterocycles. The van der Waals surface area contributed by atoms with E-state index in [4.69, 9.17) is 0 Å². The van der Waals surface area contributed by atoms with Crippen LogP contribution in [0, 0.1) is 13.8 Å². The van der Waals surface area contributed by atoms with Gasteiger partial charge < -0.3 is 4.90 Å². The summed E-state index contributed by atoms with van der Waals surface area (Å²) in [5.41, 5.74) is 3.54. The third-order valence-electron chi connectivity index (χ3n) is 3.86. The first-order chi connectivity index (χ1) is 11.1. The number of rotatable bonds is 6. The number of nitrogens with zero attached hydrogens (tertiary/aromatic N) is 5. The molecule has 0 radical (unpaired) electrons. The Labute approximate surface area is 140 Å². The first-order valence-corrected chi connectivity index (χ1v) is 8.66. The Kier molecular flexibility index (Phi) is 4.93. The lowest BCUT2D eigenvalue weighted by Gasteiger charge is -2.17. The normalized spacial score (nSPS) is 11.5. The highest BCUT2D eigenvalue weighted by atomic mass is 32.2. The molecule has 0 amide bonds. The number of hydrogen-bond acceptors (Lipinski definition) is 5. The molecule has 3 aromatic rings. The largest absolute Gasteiger partial charge is 0.301 e. The predicted octanol–water partition coefficient (Wildman–Crippen LogP) is 2.97. The van der Waals surface area contributed by atoms with Crippen LogP contribution in [0.15, 0.2) is 41.7 Å². The molecule has 5 nitrogen and oxygen atoms in total. The van der Waals surface area contributed by atoms with Gasteiger partial charge in [-0.15, -0.1) is 11.8 Å². The van der Waals surface area contributed by atoms with Gasteiger partial charge >= 0.3 is 0 Å². The fraction of sp³-hybridized carbons (Fsp3) is 0.353. The van der Waals surface area contributed by atoms with Crippen LogP contribution < -0.4 is 0 Å². The molecule has 0 N–H and O–H groups in total. The Morgan fingerprint density at radius 3 is 2.74 bits per heavy atom. The molecule has 2 heterocycles. The lowest BCUT2D eigenvalue weighted by molar-refractivity contribution is 0.348. The van der Waals surface area contributed by atoms with Crippen LogP contribution >= 0.6 is 11.8 Å². The zero-order chi connectivity index (χ0) is 16.2. The minimum atomic E-state index is 0.674. The van der Waals surface area contributed by atoms with E-state index in [0.717, 1.165) is 29.6 Å². The molecule has 0 unspecified atom stereocenters. The smallest absolute Gasteiger partial charge is 0.253 e. The van der Waals surface area contributed by atoms with Crippen LogP contribution in [0.25, 0.3) is 5.78 Å². The van der Waals surface area contributed by atoms with Crippen LogP contribution in [0.3, 0.4) is 0 Å². The quantitative estimate of drug-likeness (QED) is 0.514. The summed E-state index contributed by atoms with van der Waals surface area (Å²) in [6, 6.07) is 10.6. The van der Waals surface area contributed by atoms with Crippen LogP contribution in [0.5, 0.6) is 0 Å². The molecular formula is C17H21N5S. The standard InChI is InChI=1S/C17H21N5S/c1-13-14(2)20-17-18-12-19-22(17)16(13)23-10-9-21(3)11-15-7-5-4-6-8-15/h4-8,12H,9-11H2,1-3H3. The second kappa shape index (κ2) is 7.10. The summed E-state index contributed by atoms with van der Waals surface area (Å²) in [6.07, 6.45) is 1.56. The van der Waals surface area contributed by atoms with Gasteiger partial charge in [0.05, 0.1) is 0 Å². The van der Waals surface area contributed by atoms with E-state index < -0.39 is 0 Å². The number of benzene rings is 1. The summed E-state index contributed by atoms with van der Waals surface area (Å²) in [5, 5.41) is 5.43. The molecule has 0 bridgehead atoms. The molecule has 120 valence electrons. The van der Waals surface area contributed by atoms with E-state index in [0.29, 0.717) is 5.78 Å². The van der Waals surface area contributed by atoms with Crippen molar-refractivity contribution in [1.29, 1.82) is 0 Å². The van der Waals surface area contributed by atoms with Crippen molar-refractivity contribution in [3.8, 4) is 0 Å². The second-order valence-electron chi connectivity index (χ2n) is 5.67. The summed E-state index contributed by atoms with van der Waals surface area (Å²) in [6.45, 7) is 6.10. The van der Waals surface area contributed by atoms with E-state index in [9.17, 15) is 0 Å². The zero-order valence-electron chi connectivity index (χ0n) is 13.7. The van der Waals surface area contributed by atoms with Crippen molar-refractivity contribution in [2.45, 2.75) is 25.4 Å². The summed E-state index contributed by atoms with van der Waals surface area (Å²) in [5.74, 6) is 1.68. The summed E-state index contributed by atoms with van der Waals surface area (Å²) in [7, 11) is 2.16. The fourth-order valence-corrected chi connectivity index (χ4v) is 3.66. The maximum atomic E-state index is 4.46. The second-order valence-corrected chi connectivity index (χ2v) is 6.75. The SMILES string of the molecule is Cc1nc2ncnn2c(SCCN(C)Cc2ccccc2)c1C. The van der Waals surface area contributed by atoms with E-state index in [2.05, 4.69) is 64.3 Å². The van der Waals surface area contributed by atoms with Crippen LogP contribution in [-0.2, 0) is 6.54 Å². The Balaban J connectivity index is 1.63. The Morgan fingerprint density at radius 1 is 1.17 bits per heavy atom. The molecule has 3 rings (SSSR count). The molecule has 2 aromatic heterocycles. The topological polar surface area (TPSA) is 46.3 Å². The lowest BCUT2D eigenvalue weighted by atomic mass is 10.2. The third-order valence-corrected chi connectivity index (χ3v) is 5.00. The van der Waals surface area contributed by atoms with Crippen molar-refractivity contribution in [2.75, 3.05) is 19.3 Å². The van der Waals surface area contributed by atoms with Crippen molar-refractivity contribution in [3.63, 3.8) is 0 Å². The van der Waals surface area contributed by atoms with Crippen molar-refractivity contribution >= 4 is 17.5 Å². The van der Waals surface area contributed by atoms with E-state index in [1.807, 2.05) is 23.2 Å². The van der Waals surface area contributed by atoms with Crippen LogP contribution in [0.1, 0.15) is 16.8 Å². The summed E-state index contributed by atoms with van der Waals surface area (Å²) >= 11 is 1.81. The van der Waals surface area contributed by atoms with Gasteiger partial charge in [0.15, 0.2) is 0 Å². The molecule has 0 fully saturated rings. The van der Waals surface area contributed by atoms with E-state index in [1.54, 1.807) is 6.33 Å². The van der Waals surface area contributed by atoms with E-state index in [-0.39, 0.29) is 0 Å². The van der Waals surface area contributed by atoms with Gasteiger partial charge in [0, 0.05) is 30.1 Å². The molecule has 0 aliphatic carbocycles. The Bertz CT molecular complexity index is 784. The lowest BCUT2D eigenvalue weighted by Crippen LogP contribution is -2.20. The van der Waals surface area contributed by atoms with Gasteiger partial charge in [0.25, 0.3) is 5.78 Å². The van der Waals surface area contributed by atoms with Gasteiger partial charge in [-0.25, -0.2) is 4.98 Å². The van der Waals surface area contributed by atoms with Gasteiger partial charge in [-0.3, -0.25) is 0 Å². The van der Waals surface area contributed by atoms with Crippen LogP contribution in [-0.4, -0.2) is 43.8 Å². The maximum Gasteiger partial charge on any atom is 0.253 e. The number of hydrogen-bond donors (Lipinski definition) is 0. The molecule has 1 aromatic carbocycles. The van der Waals surface area contributed by atoms with Crippen LogP contribution in [0.2, 0.25) is 0 Å². The van der Waals surface area contributed by atoms with Crippen molar-refractivity contribution < 1.29 is 0 Å². The van der Waals surface area contributed by atoms with Crippen LogP contribution in [0.4, 0.5) is 0 Å². The highest BCUT2D eigenvalue weighted by Gasteiger charge is 2.11. The first kappa shape index (κ1) is 16.0. The van der Waals surface area contributed by atoms with Crippen molar-refractivity contribution in [2.24, 2.45) is 0 Å². The average molecular weight is 327 g/mol. The molecule has 0 saturated carbocycles. The molecule has 0 aliphatic rings. The summed E-state index contributed by atoms with van der Waals surface area (Å²) < 4.78 is 1.84. The number of aryl methyl sites for hydroxylation is 1. The number of thioether (sulfide) groups is 1. The molecular weight excluding hydrogens is 306 g/mol. The Morgan fingerprint density at radius 2 is 1.96 bits per heavy atom. The highest BCUT2D eigenvalue weighted by Crippen LogP contribution is 2.24. The highest BCUT2D eigenvalue weighted by molar-refractivity contribution is 7.99. The van der Waals surface area contributed by atoms with Crippen molar-refractivity contribution in [3.05, 3.63) is 53.5 Å². The predicted molar refractivity (Wildman–Crippen MR) is 93.8 cm³/mol. The Hall–Kier alpha value is -1.92. The minimum Gasteiger partial charge on any atom is -0.301 e. The molecule has 0 atom stereocenters. The average Bonchev–Trinajstić information content (AvgIpc) is 3.00. The molecule has 6 heteroatoms. The maximum absolute atomic E-state index is 4.46. The van der Waals surface area contributed by atoms with Gasteiger partial charge in [-0.1, -0.05) is 30.3 Å².